The fourth-order valence-electron chi connectivity index (χ4n) is 2.40. The number of nitrogens with zero attached hydrogens (tertiary/aromatic N) is 2. The summed E-state index contributed by atoms with van der Waals surface area (Å²) in [6.45, 7) is 5.46. The first-order chi connectivity index (χ1) is 8.63. The van der Waals surface area contributed by atoms with Gasteiger partial charge in [-0.25, -0.2) is 0 Å². The molecule has 2 heterocycles. The van der Waals surface area contributed by atoms with Crippen LogP contribution in [0.5, 0.6) is 0 Å². The highest BCUT2D eigenvalue weighted by Crippen LogP contribution is 2.25. The number of carboxylic acid groups (broad SMARTS) is 1. The average molecular weight is 250 g/mol. The summed E-state index contributed by atoms with van der Waals surface area (Å²) in [6.07, 6.45) is 1.75. The van der Waals surface area contributed by atoms with Crippen LogP contribution in [0.2, 0.25) is 0 Å². The third-order valence-electron chi connectivity index (χ3n) is 3.32. The second-order valence-corrected chi connectivity index (χ2v) is 4.49. The molecule has 0 saturated carbocycles. The number of aliphatic carboxylic acids is 1. The normalized spacial score (nSPS) is 23.0. The summed E-state index contributed by atoms with van der Waals surface area (Å²) in [5.41, 5.74) is 1.93. The minimum Gasteiger partial charge on any atom is -0.481 e. The Morgan fingerprint density at radius 2 is 2.39 bits per heavy atom. The van der Waals surface area contributed by atoms with Gasteiger partial charge < -0.3 is 14.7 Å². The van der Waals surface area contributed by atoms with Crippen molar-refractivity contribution in [3.05, 3.63) is 24.0 Å². The number of pyridine rings is 1. The van der Waals surface area contributed by atoms with Crippen molar-refractivity contribution in [3.63, 3.8) is 0 Å². The van der Waals surface area contributed by atoms with Crippen LogP contribution in [0.4, 0.5) is 5.69 Å². The minimum absolute atomic E-state index is 0.103. The molecular weight excluding hydrogens is 232 g/mol. The van der Waals surface area contributed by atoms with E-state index >= 15 is 0 Å². The van der Waals surface area contributed by atoms with E-state index in [0.29, 0.717) is 13.2 Å². The highest BCUT2D eigenvalue weighted by Gasteiger charge is 2.37. The van der Waals surface area contributed by atoms with Gasteiger partial charge in [-0.15, -0.1) is 0 Å². The number of carboxylic acids is 1. The number of hydrogen-bond donors (Lipinski definition) is 1. The highest BCUT2D eigenvalue weighted by molar-refractivity contribution is 5.72. The Balaban J connectivity index is 2.25. The van der Waals surface area contributed by atoms with Gasteiger partial charge in [-0.3, -0.25) is 9.78 Å². The lowest BCUT2D eigenvalue weighted by Gasteiger charge is -2.31. The van der Waals surface area contributed by atoms with Crippen LogP contribution in [0.3, 0.4) is 0 Å². The predicted molar refractivity (Wildman–Crippen MR) is 67.7 cm³/mol. The van der Waals surface area contributed by atoms with Crippen LogP contribution < -0.4 is 4.90 Å². The molecule has 0 spiro atoms. The summed E-state index contributed by atoms with van der Waals surface area (Å²) in [5.74, 6) is -1.25. The largest absolute Gasteiger partial charge is 0.481 e. The molecule has 1 aliphatic rings. The predicted octanol–water partition coefficient (Wildman–Crippen LogP) is 1.32. The van der Waals surface area contributed by atoms with Gasteiger partial charge in [-0.1, -0.05) is 0 Å². The number of aryl methyl sites for hydroxylation is 1. The summed E-state index contributed by atoms with van der Waals surface area (Å²) in [7, 11) is 0. The SMILES string of the molecule is CCN(c1ccnc(C)c1)C1COCC1C(=O)O. The molecule has 1 saturated heterocycles. The Morgan fingerprint density at radius 1 is 1.61 bits per heavy atom. The van der Waals surface area contributed by atoms with E-state index in [1.807, 2.05) is 26.0 Å². The van der Waals surface area contributed by atoms with Crippen molar-refractivity contribution in [1.82, 2.24) is 4.98 Å². The van der Waals surface area contributed by atoms with E-state index in [0.717, 1.165) is 17.9 Å². The van der Waals surface area contributed by atoms with Gasteiger partial charge >= 0.3 is 5.97 Å². The van der Waals surface area contributed by atoms with Gasteiger partial charge in [0.25, 0.3) is 0 Å². The maximum absolute atomic E-state index is 11.2. The van der Waals surface area contributed by atoms with Crippen LogP contribution in [0.25, 0.3) is 0 Å². The molecule has 1 aliphatic heterocycles. The molecule has 0 aliphatic carbocycles. The lowest BCUT2D eigenvalue weighted by atomic mass is 10.0. The number of likely N-dealkylation sites (N-methyl/N-ethyl adjacent to an activating group) is 1. The van der Waals surface area contributed by atoms with E-state index in [9.17, 15) is 9.90 Å². The van der Waals surface area contributed by atoms with Gasteiger partial charge in [0.1, 0.15) is 5.92 Å². The van der Waals surface area contributed by atoms with Gasteiger partial charge in [0.15, 0.2) is 0 Å². The van der Waals surface area contributed by atoms with Crippen LogP contribution in [0.15, 0.2) is 18.3 Å². The molecule has 1 aromatic rings. The maximum Gasteiger partial charge on any atom is 0.311 e. The van der Waals surface area contributed by atoms with Gasteiger partial charge in [0.2, 0.25) is 0 Å². The Kier molecular flexibility index (Phi) is 3.81. The highest BCUT2D eigenvalue weighted by atomic mass is 16.5. The van der Waals surface area contributed by atoms with Crippen molar-refractivity contribution in [2.75, 3.05) is 24.7 Å². The molecule has 0 aromatic carbocycles. The first-order valence-corrected chi connectivity index (χ1v) is 6.13. The van der Waals surface area contributed by atoms with Crippen molar-refractivity contribution in [3.8, 4) is 0 Å². The Bertz CT molecular complexity index is 436. The fourth-order valence-corrected chi connectivity index (χ4v) is 2.40. The van der Waals surface area contributed by atoms with Crippen LogP contribution in [-0.4, -0.2) is 41.9 Å². The lowest BCUT2D eigenvalue weighted by molar-refractivity contribution is -0.141. The number of ether oxygens (including phenoxy) is 1. The number of anilines is 1. The topological polar surface area (TPSA) is 62.7 Å². The summed E-state index contributed by atoms with van der Waals surface area (Å²) >= 11 is 0. The van der Waals surface area contributed by atoms with Gasteiger partial charge in [-0.2, -0.15) is 0 Å². The molecule has 1 N–H and O–H groups in total. The quantitative estimate of drug-likeness (QED) is 0.873. The number of hydrogen-bond acceptors (Lipinski definition) is 4. The van der Waals surface area contributed by atoms with E-state index in [1.165, 1.54) is 0 Å². The van der Waals surface area contributed by atoms with Crippen LogP contribution in [0.1, 0.15) is 12.6 Å². The Hall–Kier alpha value is -1.62. The molecule has 98 valence electrons. The number of aromatic nitrogens is 1. The molecule has 0 bridgehead atoms. The molecule has 5 heteroatoms. The molecule has 18 heavy (non-hydrogen) atoms. The second kappa shape index (κ2) is 5.35. The van der Waals surface area contributed by atoms with Crippen LogP contribution >= 0.6 is 0 Å². The number of carbonyl (C=O) groups is 1. The molecule has 0 radical (unpaired) electrons. The van der Waals surface area contributed by atoms with Gasteiger partial charge in [0, 0.05) is 24.1 Å². The molecule has 2 atom stereocenters. The molecule has 2 rings (SSSR count). The first-order valence-electron chi connectivity index (χ1n) is 6.13. The molecule has 1 aromatic heterocycles. The third kappa shape index (κ3) is 2.46. The first kappa shape index (κ1) is 12.8. The zero-order valence-corrected chi connectivity index (χ0v) is 10.7. The molecule has 2 unspecified atom stereocenters. The molecule has 0 amide bonds. The summed E-state index contributed by atoms with van der Waals surface area (Å²) in [4.78, 5) is 17.5. The Morgan fingerprint density at radius 3 is 3.00 bits per heavy atom. The monoisotopic (exact) mass is 250 g/mol. The van der Waals surface area contributed by atoms with Crippen molar-refractivity contribution >= 4 is 11.7 Å². The lowest BCUT2D eigenvalue weighted by Crippen LogP contribution is -2.43. The molecular formula is C13H18N2O3. The third-order valence-corrected chi connectivity index (χ3v) is 3.32. The fraction of sp³-hybridized carbons (Fsp3) is 0.538. The molecule has 5 nitrogen and oxygen atoms in total. The average Bonchev–Trinajstić information content (AvgIpc) is 2.79. The molecule has 1 fully saturated rings. The van der Waals surface area contributed by atoms with Crippen molar-refractivity contribution in [2.24, 2.45) is 5.92 Å². The smallest absolute Gasteiger partial charge is 0.311 e. The van der Waals surface area contributed by atoms with Gasteiger partial charge in [-0.05, 0) is 26.0 Å². The van der Waals surface area contributed by atoms with E-state index in [-0.39, 0.29) is 6.04 Å². The van der Waals surface area contributed by atoms with E-state index in [2.05, 4.69) is 9.88 Å². The van der Waals surface area contributed by atoms with Crippen molar-refractivity contribution in [2.45, 2.75) is 19.9 Å². The minimum atomic E-state index is -0.790. The van der Waals surface area contributed by atoms with Crippen molar-refractivity contribution < 1.29 is 14.6 Å². The summed E-state index contributed by atoms with van der Waals surface area (Å²) in [5, 5.41) is 9.21. The zero-order chi connectivity index (χ0) is 13.1. The Labute approximate surface area is 106 Å². The zero-order valence-electron chi connectivity index (χ0n) is 10.7. The van der Waals surface area contributed by atoms with E-state index in [1.54, 1.807) is 6.20 Å². The second-order valence-electron chi connectivity index (χ2n) is 4.49. The maximum atomic E-state index is 11.2. The van der Waals surface area contributed by atoms with Crippen LogP contribution in [-0.2, 0) is 9.53 Å². The summed E-state index contributed by atoms with van der Waals surface area (Å²) < 4.78 is 5.33. The number of rotatable bonds is 4. The van der Waals surface area contributed by atoms with Gasteiger partial charge in [0.05, 0.1) is 19.3 Å². The van der Waals surface area contributed by atoms with Crippen molar-refractivity contribution in [1.29, 1.82) is 0 Å². The standard InChI is InChI=1S/C13H18N2O3/c1-3-15(10-4-5-14-9(2)6-10)12-8-18-7-11(12)13(16)17/h4-6,11-12H,3,7-8H2,1-2H3,(H,16,17). The summed E-state index contributed by atoms with van der Waals surface area (Å²) in [6, 6.07) is 3.78. The van der Waals surface area contributed by atoms with E-state index < -0.39 is 11.9 Å². The van der Waals surface area contributed by atoms with Crippen LogP contribution in [0, 0.1) is 12.8 Å². The van der Waals surface area contributed by atoms with E-state index in [4.69, 9.17) is 4.74 Å².